The molecule has 3 atom stereocenters. The van der Waals surface area contributed by atoms with Crippen molar-refractivity contribution in [3.63, 3.8) is 0 Å². The summed E-state index contributed by atoms with van der Waals surface area (Å²) in [4.78, 5) is 0. The molecule has 0 aliphatic heterocycles. The predicted octanol–water partition coefficient (Wildman–Crippen LogP) is 1.47. The van der Waals surface area contributed by atoms with Crippen LogP contribution in [0.1, 0.15) is 27.7 Å². The van der Waals surface area contributed by atoms with Crippen LogP contribution in [0.4, 0.5) is 0 Å². The van der Waals surface area contributed by atoms with E-state index in [1.54, 1.807) is 11.8 Å². The SMILES string of the molecule is CC(C)C(C)SC(CO)C(C)N. The maximum atomic E-state index is 9.03. The molecule has 0 saturated carbocycles. The highest BCUT2D eigenvalue weighted by Crippen LogP contribution is 2.24. The van der Waals surface area contributed by atoms with Crippen LogP contribution >= 0.6 is 11.8 Å². The lowest BCUT2D eigenvalue weighted by molar-refractivity contribution is 0.285. The monoisotopic (exact) mass is 191 g/mol. The van der Waals surface area contributed by atoms with Crippen LogP contribution in [0.15, 0.2) is 0 Å². The van der Waals surface area contributed by atoms with Crippen molar-refractivity contribution in [2.75, 3.05) is 6.61 Å². The van der Waals surface area contributed by atoms with Gasteiger partial charge in [0, 0.05) is 16.5 Å². The van der Waals surface area contributed by atoms with Crippen LogP contribution in [0.5, 0.6) is 0 Å². The van der Waals surface area contributed by atoms with Gasteiger partial charge in [0.05, 0.1) is 6.61 Å². The number of hydrogen-bond acceptors (Lipinski definition) is 3. The number of rotatable bonds is 5. The van der Waals surface area contributed by atoms with Crippen molar-refractivity contribution in [1.82, 2.24) is 0 Å². The zero-order valence-electron chi connectivity index (χ0n) is 8.45. The van der Waals surface area contributed by atoms with Gasteiger partial charge in [0.2, 0.25) is 0 Å². The van der Waals surface area contributed by atoms with Gasteiger partial charge in [0.25, 0.3) is 0 Å². The first-order valence-corrected chi connectivity index (χ1v) is 5.45. The molecule has 3 unspecified atom stereocenters. The minimum atomic E-state index is 0.0706. The Kier molecular flexibility index (Phi) is 5.97. The summed E-state index contributed by atoms with van der Waals surface area (Å²) < 4.78 is 0. The van der Waals surface area contributed by atoms with E-state index >= 15 is 0 Å². The maximum Gasteiger partial charge on any atom is 0.0565 e. The Morgan fingerprint density at radius 1 is 1.25 bits per heavy atom. The molecule has 0 spiro atoms. The highest BCUT2D eigenvalue weighted by molar-refractivity contribution is 8.00. The van der Waals surface area contributed by atoms with E-state index in [1.165, 1.54) is 0 Å². The summed E-state index contributed by atoms with van der Waals surface area (Å²) in [5.74, 6) is 0.641. The Morgan fingerprint density at radius 3 is 2.00 bits per heavy atom. The third kappa shape index (κ3) is 4.33. The molecule has 0 aliphatic carbocycles. The summed E-state index contributed by atoms with van der Waals surface area (Å²) in [5, 5.41) is 9.77. The molecule has 0 aromatic carbocycles. The summed E-state index contributed by atoms with van der Waals surface area (Å²) in [6.45, 7) is 8.68. The van der Waals surface area contributed by atoms with Gasteiger partial charge in [-0.1, -0.05) is 20.8 Å². The molecule has 0 bridgehead atoms. The van der Waals surface area contributed by atoms with Crippen molar-refractivity contribution in [3.8, 4) is 0 Å². The van der Waals surface area contributed by atoms with E-state index in [9.17, 15) is 0 Å². The first kappa shape index (κ1) is 12.3. The van der Waals surface area contributed by atoms with E-state index < -0.39 is 0 Å². The van der Waals surface area contributed by atoms with Gasteiger partial charge >= 0.3 is 0 Å². The molecule has 0 saturated heterocycles. The van der Waals surface area contributed by atoms with Crippen LogP contribution in [-0.4, -0.2) is 28.3 Å². The molecule has 0 aromatic heterocycles. The minimum absolute atomic E-state index is 0.0706. The minimum Gasteiger partial charge on any atom is -0.395 e. The lowest BCUT2D eigenvalue weighted by atomic mass is 10.2. The first-order valence-electron chi connectivity index (χ1n) is 4.51. The molecule has 3 heteroatoms. The van der Waals surface area contributed by atoms with Crippen LogP contribution in [0.3, 0.4) is 0 Å². The number of thioether (sulfide) groups is 1. The van der Waals surface area contributed by atoms with Gasteiger partial charge in [-0.2, -0.15) is 11.8 Å². The highest BCUT2D eigenvalue weighted by Gasteiger charge is 2.18. The molecule has 0 amide bonds. The summed E-state index contributed by atoms with van der Waals surface area (Å²) in [7, 11) is 0. The van der Waals surface area contributed by atoms with E-state index in [-0.39, 0.29) is 17.9 Å². The van der Waals surface area contributed by atoms with Gasteiger partial charge in [0.15, 0.2) is 0 Å². The lowest BCUT2D eigenvalue weighted by Gasteiger charge is -2.23. The van der Waals surface area contributed by atoms with Crippen LogP contribution < -0.4 is 5.73 Å². The van der Waals surface area contributed by atoms with Gasteiger partial charge in [0.1, 0.15) is 0 Å². The molecule has 2 nitrogen and oxygen atoms in total. The number of aliphatic hydroxyl groups is 1. The average Bonchev–Trinajstić information content (AvgIpc) is 1.98. The fourth-order valence-corrected chi connectivity index (χ4v) is 1.97. The second-order valence-electron chi connectivity index (χ2n) is 3.67. The third-order valence-electron chi connectivity index (χ3n) is 2.09. The molecule has 0 radical (unpaired) electrons. The fraction of sp³-hybridized carbons (Fsp3) is 1.00. The molecule has 3 N–H and O–H groups in total. The second kappa shape index (κ2) is 5.84. The smallest absolute Gasteiger partial charge is 0.0565 e. The molecule has 0 heterocycles. The van der Waals surface area contributed by atoms with Gasteiger partial charge in [-0.25, -0.2) is 0 Å². The van der Waals surface area contributed by atoms with Crippen LogP contribution in [0.25, 0.3) is 0 Å². The van der Waals surface area contributed by atoms with Crippen molar-refractivity contribution < 1.29 is 5.11 Å². The van der Waals surface area contributed by atoms with Gasteiger partial charge < -0.3 is 10.8 Å². The number of aliphatic hydroxyl groups excluding tert-OH is 1. The molecular formula is C9H21NOS. The Morgan fingerprint density at radius 2 is 1.75 bits per heavy atom. The molecule has 0 aliphatic rings. The third-order valence-corrected chi connectivity index (χ3v) is 4.00. The van der Waals surface area contributed by atoms with E-state index in [0.717, 1.165) is 0 Å². The normalized spacial score (nSPS) is 19.2. The molecule has 12 heavy (non-hydrogen) atoms. The standard InChI is InChI=1S/C9H21NOS/c1-6(2)8(4)12-9(5-11)7(3)10/h6-9,11H,5,10H2,1-4H3. The van der Waals surface area contributed by atoms with Gasteiger partial charge in [-0.15, -0.1) is 0 Å². The zero-order valence-corrected chi connectivity index (χ0v) is 9.27. The Bertz CT molecular complexity index is 117. The molecule has 74 valence electrons. The Hall–Kier alpha value is 0.270. The quantitative estimate of drug-likeness (QED) is 0.692. The first-order chi connectivity index (χ1) is 5.49. The van der Waals surface area contributed by atoms with Gasteiger partial charge in [-0.05, 0) is 12.8 Å². The number of nitrogens with two attached hydrogens (primary N) is 1. The highest BCUT2D eigenvalue weighted by atomic mass is 32.2. The van der Waals surface area contributed by atoms with Crippen LogP contribution in [-0.2, 0) is 0 Å². The summed E-state index contributed by atoms with van der Waals surface area (Å²) in [6.07, 6.45) is 0. The van der Waals surface area contributed by atoms with Crippen LogP contribution in [0, 0.1) is 5.92 Å². The Balaban J connectivity index is 3.85. The van der Waals surface area contributed by atoms with E-state index in [1.807, 2.05) is 6.92 Å². The number of hydrogen-bond donors (Lipinski definition) is 2. The van der Waals surface area contributed by atoms with Crippen molar-refractivity contribution in [2.24, 2.45) is 11.7 Å². The van der Waals surface area contributed by atoms with Crippen molar-refractivity contribution in [1.29, 1.82) is 0 Å². The van der Waals surface area contributed by atoms with E-state index in [0.29, 0.717) is 11.2 Å². The Labute approximate surface area is 79.9 Å². The van der Waals surface area contributed by atoms with E-state index in [2.05, 4.69) is 20.8 Å². The topological polar surface area (TPSA) is 46.2 Å². The maximum absolute atomic E-state index is 9.03. The van der Waals surface area contributed by atoms with Crippen molar-refractivity contribution in [3.05, 3.63) is 0 Å². The molecule has 0 aromatic rings. The molecular weight excluding hydrogens is 170 g/mol. The van der Waals surface area contributed by atoms with Crippen LogP contribution in [0.2, 0.25) is 0 Å². The van der Waals surface area contributed by atoms with E-state index in [4.69, 9.17) is 10.8 Å². The van der Waals surface area contributed by atoms with Crippen molar-refractivity contribution >= 4 is 11.8 Å². The van der Waals surface area contributed by atoms with Crippen molar-refractivity contribution in [2.45, 2.75) is 44.2 Å². The average molecular weight is 191 g/mol. The fourth-order valence-electron chi connectivity index (χ4n) is 0.766. The summed E-state index contributed by atoms with van der Waals surface area (Å²) in [6, 6.07) is 0.0706. The predicted molar refractivity (Wildman–Crippen MR) is 56.4 cm³/mol. The molecule has 0 fully saturated rings. The second-order valence-corrected chi connectivity index (χ2v) is 5.29. The van der Waals surface area contributed by atoms with Gasteiger partial charge in [-0.3, -0.25) is 0 Å². The zero-order chi connectivity index (χ0) is 9.72. The lowest BCUT2D eigenvalue weighted by Crippen LogP contribution is -2.33. The summed E-state index contributed by atoms with van der Waals surface area (Å²) >= 11 is 1.79. The largest absolute Gasteiger partial charge is 0.395 e. The molecule has 0 rings (SSSR count). The summed E-state index contributed by atoms with van der Waals surface area (Å²) in [5.41, 5.74) is 5.71.